The standard InChI is InChI=1S/C16H19N3O2/c1-11-4-5-13(9-12(11)3-2-8-17)16(21)19-14-6-7-15(20)18-10-14/h4-5,9,14H,6-8,10,17H2,1H3,(H,18,20)(H,19,21). The maximum absolute atomic E-state index is 12.2. The molecule has 1 heterocycles. The number of aryl methyl sites for hydroxylation is 1. The summed E-state index contributed by atoms with van der Waals surface area (Å²) in [4.78, 5) is 23.3. The zero-order chi connectivity index (χ0) is 15.2. The van der Waals surface area contributed by atoms with Gasteiger partial charge in [0.15, 0.2) is 0 Å². The lowest BCUT2D eigenvalue weighted by atomic mass is 10.0. The van der Waals surface area contributed by atoms with Crippen molar-refractivity contribution in [3.8, 4) is 11.8 Å². The number of carbonyl (C=O) groups is 2. The number of nitrogens with one attached hydrogen (secondary N) is 2. The molecule has 2 amide bonds. The van der Waals surface area contributed by atoms with Crippen LogP contribution in [0.15, 0.2) is 18.2 Å². The van der Waals surface area contributed by atoms with Gasteiger partial charge in [-0.15, -0.1) is 0 Å². The Morgan fingerprint density at radius 2 is 2.33 bits per heavy atom. The minimum atomic E-state index is -0.146. The highest BCUT2D eigenvalue weighted by Crippen LogP contribution is 2.11. The summed E-state index contributed by atoms with van der Waals surface area (Å²) in [5.41, 5.74) is 7.76. The van der Waals surface area contributed by atoms with Crippen LogP contribution in [0.2, 0.25) is 0 Å². The van der Waals surface area contributed by atoms with Crippen LogP contribution < -0.4 is 16.4 Å². The topological polar surface area (TPSA) is 84.2 Å². The van der Waals surface area contributed by atoms with E-state index < -0.39 is 0 Å². The Hall–Kier alpha value is -2.32. The van der Waals surface area contributed by atoms with E-state index in [-0.39, 0.29) is 24.4 Å². The molecule has 1 saturated heterocycles. The van der Waals surface area contributed by atoms with Gasteiger partial charge in [-0.3, -0.25) is 9.59 Å². The maximum Gasteiger partial charge on any atom is 0.251 e. The SMILES string of the molecule is Cc1ccc(C(=O)NC2CCC(=O)NC2)cc1C#CCN. The first kappa shape index (κ1) is 15.1. The predicted octanol–water partition coefficient (Wildman–Crippen LogP) is 0.314. The third kappa shape index (κ3) is 4.07. The molecule has 1 fully saturated rings. The second kappa shape index (κ2) is 6.91. The Bertz CT molecular complexity index is 604. The second-order valence-corrected chi connectivity index (χ2v) is 5.05. The van der Waals surface area contributed by atoms with E-state index in [2.05, 4.69) is 22.5 Å². The average molecular weight is 285 g/mol. The van der Waals surface area contributed by atoms with Crippen molar-refractivity contribution in [2.24, 2.45) is 5.73 Å². The number of amides is 2. The normalized spacial score (nSPS) is 17.4. The largest absolute Gasteiger partial charge is 0.354 e. The molecule has 21 heavy (non-hydrogen) atoms. The van der Waals surface area contributed by atoms with Crippen molar-refractivity contribution in [3.05, 3.63) is 34.9 Å². The Morgan fingerprint density at radius 3 is 3.00 bits per heavy atom. The number of rotatable bonds is 2. The first-order valence-electron chi connectivity index (χ1n) is 6.97. The van der Waals surface area contributed by atoms with Gasteiger partial charge in [0.25, 0.3) is 5.91 Å². The lowest BCUT2D eigenvalue weighted by Gasteiger charge is -2.23. The van der Waals surface area contributed by atoms with E-state index in [1.807, 2.05) is 13.0 Å². The molecule has 0 bridgehead atoms. The van der Waals surface area contributed by atoms with E-state index in [0.29, 0.717) is 24.9 Å². The van der Waals surface area contributed by atoms with Crippen LogP contribution in [-0.4, -0.2) is 30.9 Å². The molecule has 4 N–H and O–H groups in total. The summed E-state index contributed by atoms with van der Waals surface area (Å²) in [6, 6.07) is 5.40. The summed E-state index contributed by atoms with van der Waals surface area (Å²) >= 11 is 0. The lowest BCUT2D eigenvalue weighted by Crippen LogP contribution is -2.47. The van der Waals surface area contributed by atoms with Gasteiger partial charge in [-0.2, -0.15) is 0 Å². The summed E-state index contributed by atoms with van der Waals surface area (Å²) in [7, 11) is 0. The fourth-order valence-electron chi connectivity index (χ4n) is 2.17. The zero-order valence-corrected chi connectivity index (χ0v) is 12.0. The van der Waals surface area contributed by atoms with Gasteiger partial charge in [-0.1, -0.05) is 17.9 Å². The molecule has 1 aromatic rings. The highest BCUT2D eigenvalue weighted by Gasteiger charge is 2.20. The molecule has 1 aliphatic rings. The van der Waals surface area contributed by atoms with Gasteiger partial charge in [0.05, 0.1) is 6.54 Å². The highest BCUT2D eigenvalue weighted by atomic mass is 16.2. The van der Waals surface area contributed by atoms with Crippen LogP contribution in [0.1, 0.15) is 34.3 Å². The first-order chi connectivity index (χ1) is 10.1. The molecule has 1 atom stereocenters. The van der Waals surface area contributed by atoms with Crippen LogP contribution in [0.5, 0.6) is 0 Å². The van der Waals surface area contributed by atoms with Crippen molar-refractivity contribution in [2.75, 3.05) is 13.1 Å². The summed E-state index contributed by atoms with van der Waals surface area (Å²) in [6.45, 7) is 2.72. The van der Waals surface area contributed by atoms with Crippen molar-refractivity contribution < 1.29 is 9.59 Å². The van der Waals surface area contributed by atoms with Crippen molar-refractivity contribution in [2.45, 2.75) is 25.8 Å². The molecule has 5 nitrogen and oxygen atoms in total. The fourth-order valence-corrected chi connectivity index (χ4v) is 2.17. The van der Waals surface area contributed by atoms with Crippen LogP contribution in [0.25, 0.3) is 0 Å². The fraction of sp³-hybridized carbons (Fsp3) is 0.375. The zero-order valence-electron chi connectivity index (χ0n) is 12.0. The monoisotopic (exact) mass is 285 g/mol. The number of hydrogen-bond donors (Lipinski definition) is 3. The molecule has 1 aliphatic heterocycles. The smallest absolute Gasteiger partial charge is 0.251 e. The van der Waals surface area contributed by atoms with E-state index in [4.69, 9.17) is 5.73 Å². The molecule has 0 saturated carbocycles. The third-order valence-electron chi connectivity index (χ3n) is 3.43. The second-order valence-electron chi connectivity index (χ2n) is 5.05. The Morgan fingerprint density at radius 1 is 1.52 bits per heavy atom. The Balaban J connectivity index is 2.07. The summed E-state index contributed by atoms with van der Waals surface area (Å²) < 4.78 is 0. The van der Waals surface area contributed by atoms with Crippen LogP contribution >= 0.6 is 0 Å². The minimum absolute atomic E-state index is 0.0184. The molecule has 5 heteroatoms. The summed E-state index contributed by atoms with van der Waals surface area (Å²) in [6.07, 6.45) is 1.12. The molecule has 0 spiro atoms. The Kier molecular flexibility index (Phi) is 4.96. The average Bonchev–Trinajstić information content (AvgIpc) is 2.48. The number of benzene rings is 1. The molecule has 0 radical (unpaired) electrons. The van der Waals surface area contributed by atoms with Crippen molar-refractivity contribution in [1.82, 2.24) is 10.6 Å². The first-order valence-corrected chi connectivity index (χ1v) is 6.97. The van der Waals surface area contributed by atoms with Gasteiger partial charge in [0.1, 0.15) is 0 Å². The minimum Gasteiger partial charge on any atom is -0.354 e. The van der Waals surface area contributed by atoms with Crippen molar-refractivity contribution in [1.29, 1.82) is 0 Å². The van der Waals surface area contributed by atoms with Crippen molar-refractivity contribution in [3.63, 3.8) is 0 Å². The summed E-state index contributed by atoms with van der Waals surface area (Å²) in [5.74, 6) is 5.65. The Labute approximate surface area is 124 Å². The molecule has 0 aromatic heterocycles. The van der Waals surface area contributed by atoms with Gasteiger partial charge >= 0.3 is 0 Å². The van der Waals surface area contributed by atoms with Crippen LogP contribution in [0, 0.1) is 18.8 Å². The summed E-state index contributed by atoms with van der Waals surface area (Å²) in [5, 5.41) is 5.68. The van der Waals surface area contributed by atoms with Crippen LogP contribution in [0.3, 0.4) is 0 Å². The molecular formula is C16H19N3O2. The third-order valence-corrected chi connectivity index (χ3v) is 3.43. The maximum atomic E-state index is 12.2. The van der Waals surface area contributed by atoms with E-state index in [1.54, 1.807) is 12.1 Å². The molecule has 0 aliphatic carbocycles. The lowest BCUT2D eigenvalue weighted by molar-refractivity contribution is -0.122. The molecular weight excluding hydrogens is 266 g/mol. The molecule has 1 unspecified atom stereocenters. The quantitative estimate of drug-likeness (QED) is 0.684. The highest BCUT2D eigenvalue weighted by molar-refractivity contribution is 5.95. The van der Waals surface area contributed by atoms with Gasteiger partial charge in [-0.05, 0) is 31.0 Å². The number of hydrogen-bond acceptors (Lipinski definition) is 3. The van der Waals surface area contributed by atoms with E-state index in [0.717, 1.165) is 11.1 Å². The van der Waals surface area contributed by atoms with E-state index >= 15 is 0 Å². The van der Waals surface area contributed by atoms with E-state index in [1.165, 1.54) is 0 Å². The van der Waals surface area contributed by atoms with Gasteiger partial charge in [-0.25, -0.2) is 0 Å². The molecule has 110 valence electrons. The van der Waals surface area contributed by atoms with Gasteiger partial charge in [0, 0.05) is 30.1 Å². The molecule has 2 rings (SSSR count). The van der Waals surface area contributed by atoms with E-state index in [9.17, 15) is 9.59 Å². The van der Waals surface area contributed by atoms with Crippen LogP contribution in [-0.2, 0) is 4.79 Å². The number of nitrogens with two attached hydrogens (primary N) is 1. The van der Waals surface area contributed by atoms with Crippen LogP contribution in [0.4, 0.5) is 0 Å². The van der Waals surface area contributed by atoms with Crippen molar-refractivity contribution >= 4 is 11.8 Å². The predicted molar refractivity (Wildman–Crippen MR) is 80.6 cm³/mol. The molecule has 1 aromatic carbocycles. The number of piperidine rings is 1. The number of carbonyl (C=O) groups excluding carboxylic acids is 2. The van der Waals surface area contributed by atoms with Gasteiger partial charge in [0.2, 0.25) is 5.91 Å². The van der Waals surface area contributed by atoms with Gasteiger partial charge < -0.3 is 16.4 Å².